The van der Waals surface area contributed by atoms with Crippen molar-refractivity contribution in [2.75, 3.05) is 11.9 Å². The highest BCUT2D eigenvalue weighted by Crippen LogP contribution is 2.29. The van der Waals surface area contributed by atoms with Crippen molar-refractivity contribution in [2.24, 2.45) is 0 Å². The number of nitrogens with one attached hydrogen (secondary N) is 2. The van der Waals surface area contributed by atoms with Gasteiger partial charge in [-0.25, -0.2) is 23.5 Å². The van der Waals surface area contributed by atoms with Crippen LogP contribution in [-0.4, -0.2) is 28.6 Å². The largest absolute Gasteiger partial charge is 0.488 e. The van der Waals surface area contributed by atoms with Crippen molar-refractivity contribution in [3.63, 3.8) is 0 Å². The molecule has 1 aliphatic rings. The molecule has 1 atom stereocenters. The van der Waals surface area contributed by atoms with Gasteiger partial charge in [-0.1, -0.05) is 30.3 Å². The fourth-order valence-corrected chi connectivity index (χ4v) is 3.20. The van der Waals surface area contributed by atoms with E-state index >= 15 is 0 Å². The summed E-state index contributed by atoms with van der Waals surface area (Å²) in [5, 5.41) is 5.39. The van der Waals surface area contributed by atoms with Crippen LogP contribution in [0.5, 0.6) is 5.75 Å². The summed E-state index contributed by atoms with van der Waals surface area (Å²) in [6.45, 7) is 0.0893. The number of ether oxygens (including phenoxy) is 1. The molecule has 2 heterocycles. The number of urea groups is 1. The number of rotatable bonds is 4. The second-order valence-electron chi connectivity index (χ2n) is 6.71. The molecule has 0 saturated heterocycles. The molecule has 2 amide bonds. The fourth-order valence-electron chi connectivity index (χ4n) is 3.20. The molecule has 4 rings (SSSR count). The Morgan fingerprint density at radius 3 is 2.83 bits per heavy atom. The molecule has 1 aromatic heterocycles. The maximum Gasteiger partial charge on any atom is 0.320 e. The summed E-state index contributed by atoms with van der Waals surface area (Å²) in [4.78, 5) is 20.9. The van der Waals surface area contributed by atoms with Crippen LogP contribution in [0, 0.1) is 11.6 Å². The predicted molar refractivity (Wildman–Crippen MR) is 103 cm³/mol. The van der Waals surface area contributed by atoms with Crippen molar-refractivity contribution in [2.45, 2.75) is 18.9 Å². The Morgan fingerprint density at radius 2 is 2.00 bits per heavy atom. The van der Waals surface area contributed by atoms with E-state index in [-0.39, 0.29) is 18.8 Å². The lowest BCUT2D eigenvalue weighted by molar-refractivity contribution is 0.216. The molecule has 8 heteroatoms. The first kappa shape index (κ1) is 18.8. The minimum Gasteiger partial charge on any atom is -0.488 e. The topological polar surface area (TPSA) is 76.1 Å². The third-order valence-electron chi connectivity index (χ3n) is 4.47. The normalized spacial score (nSPS) is 15.2. The highest BCUT2D eigenvalue weighted by molar-refractivity contribution is 5.88. The number of nitrogens with zero attached hydrogens (tertiary/aromatic N) is 2. The van der Waals surface area contributed by atoms with Gasteiger partial charge >= 0.3 is 6.03 Å². The van der Waals surface area contributed by atoms with Crippen molar-refractivity contribution in [3.05, 3.63) is 83.3 Å². The zero-order valence-electron chi connectivity index (χ0n) is 15.4. The van der Waals surface area contributed by atoms with Gasteiger partial charge in [0.05, 0.1) is 6.04 Å². The van der Waals surface area contributed by atoms with Gasteiger partial charge in [0.25, 0.3) is 0 Å². The van der Waals surface area contributed by atoms with Crippen LogP contribution in [0.4, 0.5) is 19.4 Å². The van der Waals surface area contributed by atoms with Crippen LogP contribution < -0.4 is 15.4 Å². The van der Waals surface area contributed by atoms with Crippen molar-refractivity contribution < 1.29 is 18.3 Å². The summed E-state index contributed by atoms with van der Waals surface area (Å²) in [7, 11) is 0. The van der Waals surface area contributed by atoms with E-state index in [0.29, 0.717) is 23.6 Å². The maximum absolute atomic E-state index is 13.7. The van der Waals surface area contributed by atoms with Gasteiger partial charge in [-0.15, -0.1) is 0 Å². The lowest BCUT2D eigenvalue weighted by Crippen LogP contribution is -2.44. The van der Waals surface area contributed by atoms with Crippen LogP contribution in [0.25, 0.3) is 0 Å². The molecule has 0 saturated carbocycles. The van der Waals surface area contributed by atoms with Gasteiger partial charge in [0.1, 0.15) is 24.1 Å². The molecule has 3 aromatic rings. The minimum absolute atomic E-state index is 0.0335. The van der Waals surface area contributed by atoms with Crippen LogP contribution in [0.3, 0.4) is 0 Å². The first-order valence-electron chi connectivity index (χ1n) is 9.11. The Morgan fingerprint density at radius 1 is 1.17 bits per heavy atom. The molecule has 0 fully saturated rings. The smallest absolute Gasteiger partial charge is 0.320 e. The second-order valence-corrected chi connectivity index (χ2v) is 6.71. The summed E-state index contributed by atoms with van der Waals surface area (Å²) >= 11 is 0. The van der Waals surface area contributed by atoms with Gasteiger partial charge < -0.3 is 10.1 Å². The Kier molecular flexibility index (Phi) is 5.33. The highest BCUT2D eigenvalue weighted by Gasteiger charge is 2.25. The number of carbonyl (C=O) groups is 1. The Hall–Kier alpha value is -3.55. The average molecular weight is 396 g/mol. The van der Waals surface area contributed by atoms with Gasteiger partial charge in [0.15, 0.2) is 11.6 Å². The lowest BCUT2D eigenvalue weighted by Gasteiger charge is -2.26. The van der Waals surface area contributed by atoms with E-state index in [4.69, 9.17) is 4.74 Å². The summed E-state index contributed by atoms with van der Waals surface area (Å²) in [5.41, 5.74) is 1.44. The fraction of sp³-hybridized carbons (Fsp3) is 0.190. The standard InChI is InChI=1S/C21H18F2N4O2/c22-15-9-14-10-16(12-29-20(14)17(23)11-15)25-21(28)27-18-6-7-24-19(26-18)8-13-4-2-1-3-5-13/h1-7,9,11,16H,8,10,12H2,(H2,24,25,26,27,28). The van der Waals surface area contributed by atoms with E-state index in [9.17, 15) is 13.6 Å². The third-order valence-corrected chi connectivity index (χ3v) is 4.47. The molecule has 148 valence electrons. The number of carbonyl (C=O) groups excluding carboxylic acids is 1. The van der Waals surface area contributed by atoms with Gasteiger partial charge in [0, 0.05) is 24.2 Å². The summed E-state index contributed by atoms with van der Waals surface area (Å²) in [6.07, 6.45) is 2.38. The van der Waals surface area contributed by atoms with Crippen LogP contribution in [0.15, 0.2) is 54.7 Å². The van der Waals surface area contributed by atoms with Crippen molar-refractivity contribution in [3.8, 4) is 5.75 Å². The molecule has 2 N–H and O–H groups in total. The first-order valence-corrected chi connectivity index (χ1v) is 9.11. The van der Waals surface area contributed by atoms with Crippen LogP contribution >= 0.6 is 0 Å². The first-order chi connectivity index (χ1) is 14.1. The SMILES string of the molecule is O=C(Nc1ccnc(Cc2ccccc2)n1)NC1COc2c(F)cc(F)cc2C1. The average Bonchev–Trinajstić information content (AvgIpc) is 2.68. The van der Waals surface area contributed by atoms with E-state index in [0.717, 1.165) is 11.6 Å². The molecule has 1 unspecified atom stereocenters. The third kappa shape index (κ3) is 4.66. The Labute approximate surface area is 166 Å². The van der Waals surface area contributed by atoms with Gasteiger partial charge in [-0.05, 0) is 24.1 Å². The van der Waals surface area contributed by atoms with Gasteiger partial charge in [-0.2, -0.15) is 0 Å². The summed E-state index contributed by atoms with van der Waals surface area (Å²) in [5.74, 6) is -0.449. The van der Waals surface area contributed by atoms with E-state index in [1.165, 1.54) is 6.07 Å². The maximum atomic E-state index is 13.7. The quantitative estimate of drug-likeness (QED) is 0.708. The number of fused-ring (bicyclic) bond motifs is 1. The number of anilines is 1. The van der Waals surface area contributed by atoms with Crippen molar-refractivity contribution >= 4 is 11.8 Å². The van der Waals surface area contributed by atoms with Gasteiger partial charge in [0.2, 0.25) is 0 Å². The summed E-state index contributed by atoms with van der Waals surface area (Å²) in [6, 6.07) is 12.4. The van der Waals surface area contributed by atoms with Crippen molar-refractivity contribution in [1.82, 2.24) is 15.3 Å². The van der Waals surface area contributed by atoms with E-state index in [2.05, 4.69) is 20.6 Å². The number of amides is 2. The van der Waals surface area contributed by atoms with Crippen LogP contribution in [0.2, 0.25) is 0 Å². The predicted octanol–water partition coefficient (Wildman–Crippen LogP) is 3.47. The molecule has 1 aliphatic heterocycles. The molecule has 2 aromatic carbocycles. The molecule has 0 bridgehead atoms. The number of hydrogen-bond donors (Lipinski definition) is 2. The second kappa shape index (κ2) is 8.22. The number of aromatic nitrogens is 2. The Bertz CT molecular complexity index is 1030. The molecule has 0 aliphatic carbocycles. The zero-order chi connectivity index (χ0) is 20.2. The Balaban J connectivity index is 1.37. The van der Waals surface area contributed by atoms with Gasteiger partial charge in [-0.3, -0.25) is 5.32 Å². The number of benzene rings is 2. The van der Waals surface area contributed by atoms with E-state index in [1.54, 1.807) is 12.3 Å². The zero-order valence-corrected chi connectivity index (χ0v) is 15.4. The van der Waals surface area contributed by atoms with Crippen LogP contribution in [-0.2, 0) is 12.8 Å². The molecule has 29 heavy (non-hydrogen) atoms. The van der Waals surface area contributed by atoms with E-state index in [1.807, 2.05) is 30.3 Å². The molecular weight excluding hydrogens is 378 g/mol. The molecular formula is C21H18F2N4O2. The molecule has 0 radical (unpaired) electrons. The van der Waals surface area contributed by atoms with Crippen molar-refractivity contribution in [1.29, 1.82) is 0 Å². The molecule has 6 nitrogen and oxygen atoms in total. The van der Waals surface area contributed by atoms with Crippen LogP contribution in [0.1, 0.15) is 17.0 Å². The monoisotopic (exact) mass is 396 g/mol. The van der Waals surface area contributed by atoms with E-state index < -0.39 is 23.7 Å². The number of hydrogen-bond acceptors (Lipinski definition) is 4. The lowest BCUT2D eigenvalue weighted by atomic mass is 10.0. The minimum atomic E-state index is -0.741. The summed E-state index contributed by atoms with van der Waals surface area (Å²) < 4.78 is 32.5. The highest BCUT2D eigenvalue weighted by atomic mass is 19.1. The number of halogens is 2. The molecule has 0 spiro atoms.